The Morgan fingerprint density at radius 2 is 1.86 bits per heavy atom. The van der Waals surface area contributed by atoms with Crippen LogP contribution < -0.4 is 0 Å². The third kappa shape index (κ3) is 5.56. The fourth-order valence-electron chi connectivity index (χ4n) is 0.812. The fraction of sp³-hybridized carbons (Fsp3) is 0.800. The molecule has 0 aliphatic heterocycles. The predicted octanol–water partition coefficient (Wildman–Crippen LogP) is 1.53. The van der Waals surface area contributed by atoms with Gasteiger partial charge >= 0.3 is 11.9 Å². The second-order valence-corrected chi connectivity index (χ2v) is 3.42. The Bertz CT molecular complexity index is 198. The van der Waals surface area contributed by atoms with Crippen LogP contribution in [0.15, 0.2) is 0 Å². The van der Waals surface area contributed by atoms with Gasteiger partial charge in [0.05, 0.1) is 5.92 Å². The van der Waals surface area contributed by atoms with Gasteiger partial charge in [-0.25, -0.2) is 0 Å². The Morgan fingerprint density at radius 3 is 2.21 bits per heavy atom. The highest BCUT2D eigenvalue weighted by Crippen LogP contribution is 2.02. The highest BCUT2D eigenvalue weighted by atomic mass is 16.6. The monoisotopic (exact) mass is 202 g/mol. The van der Waals surface area contributed by atoms with Crippen molar-refractivity contribution in [3.05, 3.63) is 0 Å². The van der Waals surface area contributed by atoms with Crippen LogP contribution in [0.1, 0.15) is 34.1 Å². The zero-order valence-corrected chi connectivity index (χ0v) is 9.20. The Kier molecular flexibility index (Phi) is 5.92. The SMILES string of the molecule is CCC(COC(=O)C(C)C)OC(C)=O. The first-order valence-corrected chi connectivity index (χ1v) is 4.81. The zero-order valence-electron chi connectivity index (χ0n) is 9.20. The van der Waals surface area contributed by atoms with Gasteiger partial charge in [-0.15, -0.1) is 0 Å². The number of esters is 2. The number of carbonyl (C=O) groups is 2. The van der Waals surface area contributed by atoms with Crippen LogP contribution in [0, 0.1) is 5.92 Å². The number of rotatable bonds is 5. The highest BCUT2D eigenvalue weighted by molar-refractivity contribution is 5.71. The summed E-state index contributed by atoms with van der Waals surface area (Å²) in [4.78, 5) is 21.7. The molecule has 0 saturated carbocycles. The molecule has 0 radical (unpaired) electrons. The second-order valence-electron chi connectivity index (χ2n) is 3.42. The Morgan fingerprint density at radius 1 is 1.29 bits per heavy atom. The first kappa shape index (κ1) is 12.9. The van der Waals surface area contributed by atoms with E-state index < -0.39 is 0 Å². The minimum atomic E-state index is -0.350. The molecule has 0 aromatic heterocycles. The van der Waals surface area contributed by atoms with E-state index in [2.05, 4.69) is 0 Å². The summed E-state index contributed by atoms with van der Waals surface area (Å²) in [6.45, 7) is 6.88. The van der Waals surface area contributed by atoms with Crippen molar-refractivity contribution in [3.8, 4) is 0 Å². The molecule has 0 N–H and O–H groups in total. The number of hydrogen-bond donors (Lipinski definition) is 0. The van der Waals surface area contributed by atoms with E-state index in [-0.39, 0.29) is 30.6 Å². The van der Waals surface area contributed by atoms with E-state index >= 15 is 0 Å². The molecule has 0 aliphatic rings. The van der Waals surface area contributed by atoms with Gasteiger partial charge in [-0.05, 0) is 6.42 Å². The van der Waals surface area contributed by atoms with Gasteiger partial charge in [0.1, 0.15) is 12.7 Å². The molecule has 14 heavy (non-hydrogen) atoms. The van der Waals surface area contributed by atoms with Crippen LogP contribution in [0.4, 0.5) is 0 Å². The predicted molar refractivity (Wildman–Crippen MR) is 51.6 cm³/mol. The summed E-state index contributed by atoms with van der Waals surface area (Å²) in [6.07, 6.45) is 0.320. The maximum Gasteiger partial charge on any atom is 0.308 e. The van der Waals surface area contributed by atoms with E-state index in [9.17, 15) is 9.59 Å². The molecule has 0 spiro atoms. The van der Waals surface area contributed by atoms with Gasteiger partial charge in [0, 0.05) is 6.92 Å². The van der Waals surface area contributed by atoms with Crippen LogP contribution >= 0.6 is 0 Å². The minimum absolute atomic E-state index is 0.146. The Hall–Kier alpha value is -1.06. The van der Waals surface area contributed by atoms with Crippen LogP contribution in [-0.4, -0.2) is 24.6 Å². The summed E-state index contributed by atoms with van der Waals surface area (Å²) in [5, 5.41) is 0. The second kappa shape index (κ2) is 6.40. The standard InChI is InChI=1S/C10H18O4/c1-5-9(14-8(4)11)6-13-10(12)7(2)3/h7,9H,5-6H2,1-4H3. The van der Waals surface area contributed by atoms with Gasteiger partial charge in [0.2, 0.25) is 0 Å². The number of hydrogen-bond acceptors (Lipinski definition) is 4. The molecule has 0 fully saturated rings. The third-order valence-electron chi connectivity index (χ3n) is 1.67. The largest absolute Gasteiger partial charge is 0.462 e. The molecule has 1 unspecified atom stereocenters. The van der Waals surface area contributed by atoms with Gasteiger partial charge in [0.15, 0.2) is 0 Å². The lowest BCUT2D eigenvalue weighted by Crippen LogP contribution is -2.25. The maximum atomic E-state index is 11.1. The van der Waals surface area contributed by atoms with Crippen molar-refractivity contribution < 1.29 is 19.1 Å². The number of ether oxygens (including phenoxy) is 2. The zero-order chi connectivity index (χ0) is 11.1. The molecule has 0 aromatic carbocycles. The summed E-state index contributed by atoms with van der Waals surface area (Å²) in [7, 11) is 0. The lowest BCUT2D eigenvalue weighted by molar-refractivity contribution is -0.159. The lowest BCUT2D eigenvalue weighted by Gasteiger charge is -2.15. The first-order chi connectivity index (χ1) is 6.47. The molecule has 4 heteroatoms. The van der Waals surface area contributed by atoms with Crippen LogP contribution in [-0.2, 0) is 19.1 Å². The van der Waals surface area contributed by atoms with Gasteiger partial charge in [-0.3, -0.25) is 9.59 Å². The van der Waals surface area contributed by atoms with E-state index in [1.54, 1.807) is 13.8 Å². The summed E-state index contributed by atoms with van der Waals surface area (Å²) in [5.74, 6) is -0.766. The van der Waals surface area contributed by atoms with Crippen molar-refractivity contribution in [2.45, 2.75) is 40.2 Å². The maximum absolute atomic E-state index is 11.1. The topological polar surface area (TPSA) is 52.6 Å². The Balaban J connectivity index is 3.83. The quantitative estimate of drug-likeness (QED) is 0.634. The van der Waals surface area contributed by atoms with E-state index in [0.717, 1.165) is 0 Å². The average Bonchev–Trinajstić information content (AvgIpc) is 2.10. The summed E-state index contributed by atoms with van der Waals surface area (Å²) >= 11 is 0. The van der Waals surface area contributed by atoms with Crippen molar-refractivity contribution in [3.63, 3.8) is 0 Å². The molecule has 0 saturated heterocycles. The van der Waals surface area contributed by atoms with Gasteiger partial charge in [-0.2, -0.15) is 0 Å². The van der Waals surface area contributed by atoms with Crippen molar-refractivity contribution in [2.24, 2.45) is 5.92 Å². The van der Waals surface area contributed by atoms with Crippen molar-refractivity contribution in [2.75, 3.05) is 6.61 Å². The molecule has 0 heterocycles. The van der Waals surface area contributed by atoms with Crippen molar-refractivity contribution >= 4 is 11.9 Å². The van der Waals surface area contributed by atoms with E-state index in [1.165, 1.54) is 6.92 Å². The average molecular weight is 202 g/mol. The molecule has 0 aliphatic carbocycles. The third-order valence-corrected chi connectivity index (χ3v) is 1.67. The highest BCUT2D eigenvalue weighted by Gasteiger charge is 2.14. The Labute approximate surface area is 84.6 Å². The molecular weight excluding hydrogens is 184 g/mol. The van der Waals surface area contributed by atoms with E-state index in [0.29, 0.717) is 6.42 Å². The number of carbonyl (C=O) groups excluding carboxylic acids is 2. The molecule has 0 aromatic rings. The summed E-state index contributed by atoms with van der Waals surface area (Å²) < 4.78 is 9.85. The van der Waals surface area contributed by atoms with Gasteiger partial charge in [-0.1, -0.05) is 20.8 Å². The molecule has 0 rings (SSSR count). The fourth-order valence-corrected chi connectivity index (χ4v) is 0.812. The lowest BCUT2D eigenvalue weighted by atomic mass is 10.2. The molecule has 1 atom stereocenters. The summed E-state index contributed by atoms with van der Waals surface area (Å²) in [6, 6.07) is 0. The minimum Gasteiger partial charge on any atom is -0.462 e. The van der Waals surface area contributed by atoms with Gasteiger partial charge in [0.25, 0.3) is 0 Å². The van der Waals surface area contributed by atoms with Crippen LogP contribution in [0.5, 0.6) is 0 Å². The summed E-state index contributed by atoms with van der Waals surface area (Å²) in [5.41, 5.74) is 0. The van der Waals surface area contributed by atoms with Crippen molar-refractivity contribution in [1.29, 1.82) is 0 Å². The molecule has 4 nitrogen and oxygen atoms in total. The van der Waals surface area contributed by atoms with Crippen LogP contribution in [0.2, 0.25) is 0 Å². The van der Waals surface area contributed by atoms with Crippen molar-refractivity contribution in [1.82, 2.24) is 0 Å². The molecular formula is C10H18O4. The normalized spacial score (nSPS) is 12.4. The smallest absolute Gasteiger partial charge is 0.308 e. The molecule has 82 valence electrons. The first-order valence-electron chi connectivity index (χ1n) is 4.81. The molecule has 0 bridgehead atoms. The van der Waals surface area contributed by atoms with Gasteiger partial charge < -0.3 is 9.47 Å². The van der Waals surface area contributed by atoms with Crippen LogP contribution in [0.25, 0.3) is 0 Å². The van der Waals surface area contributed by atoms with E-state index in [1.807, 2.05) is 6.92 Å². The van der Waals surface area contributed by atoms with E-state index in [4.69, 9.17) is 9.47 Å². The molecule has 0 amide bonds. The van der Waals surface area contributed by atoms with Crippen LogP contribution in [0.3, 0.4) is 0 Å².